The van der Waals surface area contributed by atoms with Gasteiger partial charge in [0.15, 0.2) is 0 Å². The molecule has 1 aliphatic rings. The Kier molecular flexibility index (Phi) is 5.77. The lowest BCUT2D eigenvalue weighted by Crippen LogP contribution is -2.39. The van der Waals surface area contributed by atoms with E-state index in [4.69, 9.17) is 5.26 Å². The third-order valence-electron chi connectivity index (χ3n) is 4.45. The normalized spacial score (nSPS) is 16.8. The van der Waals surface area contributed by atoms with Gasteiger partial charge in [-0.05, 0) is 31.0 Å². The van der Waals surface area contributed by atoms with Gasteiger partial charge in [-0.1, -0.05) is 0 Å². The van der Waals surface area contributed by atoms with E-state index < -0.39 is 23.6 Å². The Hall–Kier alpha value is -3.48. The zero-order valence-electron chi connectivity index (χ0n) is 15.1. The van der Waals surface area contributed by atoms with Crippen LogP contribution in [0.5, 0.6) is 0 Å². The topological polar surface area (TPSA) is 99.0 Å². The standard InChI is InChI=1S/C19H16F3N5O2/c20-19(21,22)14-6-13(18(29)27-5-1-2-12(9-23)11-27)7-15(8-14)26-17(28)16-10-24-3-4-25-16/h3-4,6-8,10,12H,1-2,5,11H2,(H,26,28). The van der Waals surface area contributed by atoms with Crippen molar-refractivity contribution in [3.8, 4) is 6.07 Å². The van der Waals surface area contributed by atoms with Crippen LogP contribution < -0.4 is 5.32 Å². The molecule has 1 aromatic carbocycles. The molecule has 0 radical (unpaired) electrons. The predicted molar refractivity (Wildman–Crippen MR) is 95.7 cm³/mol. The number of amides is 2. The van der Waals surface area contributed by atoms with Gasteiger partial charge in [0.1, 0.15) is 5.69 Å². The minimum atomic E-state index is -4.71. The molecule has 7 nitrogen and oxygen atoms in total. The number of hydrogen-bond acceptors (Lipinski definition) is 5. The number of anilines is 1. The van der Waals surface area contributed by atoms with E-state index in [1.54, 1.807) is 0 Å². The zero-order valence-corrected chi connectivity index (χ0v) is 15.1. The van der Waals surface area contributed by atoms with E-state index >= 15 is 0 Å². The minimum Gasteiger partial charge on any atom is -0.337 e. The highest BCUT2D eigenvalue weighted by Crippen LogP contribution is 2.33. The van der Waals surface area contributed by atoms with Gasteiger partial charge in [-0.3, -0.25) is 14.6 Å². The molecule has 1 aromatic heterocycles. The second-order valence-electron chi connectivity index (χ2n) is 6.56. The van der Waals surface area contributed by atoms with Crippen LogP contribution in [-0.4, -0.2) is 39.8 Å². The molecule has 1 fully saturated rings. The molecule has 0 saturated carbocycles. The van der Waals surface area contributed by atoms with E-state index in [0.717, 1.165) is 12.1 Å². The number of aromatic nitrogens is 2. The van der Waals surface area contributed by atoms with Crippen molar-refractivity contribution in [3.63, 3.8) is 0 Å². The Morgan fingerprint density at radius 2 is 2.03 bits per heavy atom. The summed E-state index contributed by atoms with van der Waals surface area (Å²) in [6.07, 6.45) is 0.328. The minimum absolute atomic E-state index is 0.0781. The Morgan fingerprint density at radius 3 is 2.69 bits per heavy atom. The van der Waals surface area contributed by atoms with Crippen LogP contribution in [0, 0.1) is 17.2 Å². The van der Waals surface area contributed by atoms with E-state index in [-0.39, 0.29) is 29.4 Å². The van der Waals surface area contributed by atoms with Crippen molar-refractivity contribution in [2.45, 2.75) is 19.0 Å². The van der Waals surface area contributed by atoms with Gasteiger partial charge in [0.2, 0.25) is 0 Å². The van der Waals surface area contributed by atoms with Crippen LogP contribution in [0.15, 0.2) is 36.8 Å². The van der Waals surface area contributed by atoms with Crippen molar-refractivity contribution in [2.24, 2.45) is 5.92 Å². The summed E-state index contributed by atoms with van der Waals surface area (Å²) in [6.45, 7) is 0.515. The van der Waals surface area contributed by atoms with Crippen LogP contribution in [0.1, 0.15) is 39.3 Å². The fourth-order valence-corrected chi connectivity index (χ4v) is 3.05. The maximum absolute atomic E-state index is 13.3. The van der Waals surface area contributed by atoms with Crippen LogP contribution in [0.4, 0.5) is 18.9 Å². The summed E-state index contributed by atoms with van der Waals surface area (Å²) >= 11 is 0. The van der Waals surface area contributed by atoms with Gasteiger partial charge < -0.3 is 10.2 Å². The van der Waals surface area contributed by atoms with Crippen molar-refractivity contribution in [3.05, 3.63) is 53.6 Å². The number of nitrogens with zero attached hydrogens (tertiary/aromatic N) is 4. The van der Waals surface area contributed by atoms with Crippen LogP contribution >= 0.6 is 0 Å². The highest BCUT2D eigenvalue weighted by Gasteiger charge is 2.33. The maximum atomic E-state index is 13.3. The van der Waals surface area contributed by atoms with Crippen molar-refractivity contribution >= 4 is 17.5 Å². The van der Waals surface area contributed by atoms with Crippen LogP contribution in [0.25, 0.3) is 0 Å². The second-order valence-corrected chi connectivity index (χ2v) is 6.56. The van der Waals surface area contributed by atoms with Crippen LogP contribution in [-0.2, 0) is 6.18 Å². The molecule has 2 heterocycles. The average molecular weight is 403 g/mol. The number of carbonyl (C=O) groups is 2. The van der Waals surface area contributed by atoms with Crippen molar-refractivity contribution in [1.29, 1.82) is 5.26 Å². The number of carbonyl (C=O) groups excluding carboxylic acids is 2. The van der Waals surface area contributed by atoms with E-state index in [0.29, 0.717) is 19.4 Å². The molecular formula is C19H16F3N5O2. The summed E-state index contributed by atoms with van der Waals surface area (Å²) in [5, 5.41) is 11.4. The second kappa shape index (κ2) is 8.26. The molecule has 1 saturated heterocycles. The summed E-state index contributed by atoms with van der Waals surface area (Å²) in [6, 6.07) is 4.77. The Morgan fingerprint density at radius 1 is 1.24 bits per heavy atom. The fraction of sp³-hybridized carbons (Fsp3) is 0.316. The van der Waals surface area contributed by atoms with E-state index in [1.807, 2.05) is 0 Å². The van der Waals surface area contributed by atoms with Gasteiger partial charge >= 0.3 is 6.18 Å². The van der Waals surface area contributed by atoms with Gasteiger partial charge in [-0.25, -0.2) is 4.98 Å². The number of piperidine rings is 1. The third kappa shape index (κ3) is 4.87. The van der Waals surface area contributed by atoms with E-state index in [2.05, 4.69) is 21.4 Å². The largest absolute Gasteiger partial charge is 0.416 e. The Bertz CT molecular complexity index is 957. The molecule has 2 aromatic rings. The van der Waals surface area contributed by atoms with Crippen molar-refractivity contribution in [2.75, 3.05) is 18.4 Å². The molecule has 0 aliphatic carbocycles. The molecule has 1 N–H and O–H groups in total. The lowest BCUT2D eigenvalue weighted by molar-refractivity contribution is -0.137. The molecular weight excluding hydrogens is 387 g/mol. The predicted octanol–water partition coefficient (Wildman–Crippen LogP) is 3.12. The lowest BCUT2D eigenvalue weighted by Gasteiger charge is -2.30. The van der Waals surface area contributed by atoms with Crippen LogP contribution in [0.3, 0.4) is 0 Å². The first-order valence-electron chi connectivity index (χ1n) is 8.76. The number of alkyl halides is 3. The molecule has 150 valence electrons. The summed E-state index contributed by atoms with van der Waals surface area (Å²) in [5.74, 6) is -1.72. The number of halogens is 3. The van der Waals surface area contributed by atoms with Crippen molar-refractivity contribution in [1.82, 2.24) is 14.9 Å². The zero-order chi connectivity index (χ0) is 21.0. The first-order chi connectivity index (χ1) is 13.8. The lowest BCUT2D eigenvalue weighted by atomic mass is 9.98. The molecule has 10 heteroatoms. The fourth-order valence-electron chi connectivity index (χ4n) is 3.05. The molecule has 2 amide bonds. The van der Waals surface area contributed by atoms with Gasteiger partial charge in [0, 0.05) is 36.7 Å². The van der Waals surface area contributed by atoms with E-state index in [1.165, 1.54) is 29.6 Å². The number of benzene rings is 1. The highest BCUT2D eigenvalue weighted by molar-refractivity contribution is 6.03. The van der Waals surface area contributed by atoms with Gasteiger partial charge in [0.05, 0.1) is 23.7 Å². The molecule has 3 rings (SSSR count). The summed E-state index contributed by atoms with van der Waals surface area (Å²) in [7, 11) is 0. The number of nitrogens with one attached hydrogen (secondary N) is 1. The summed E-state index contributed by atoms with van der Waals surface area (Å²) in [4.78, 5) is 33.9. The first kappa shape index (κ1) is 20.3. The SMILES string of the molecule is N#CC1CCCN(C(=O)c2cc(NC(=O)c3cnccn3)cc(C(F)(F)F)c2)C1. The quantitative estimate of drug-likeness (QED) is 0.849. The van der Waals surface area contributed by atoms with E-state index in [9.17, 15) is 22.8 Å². The molecule has 1 atom stereocenters. The number of hydrogen-bond donors (Lipinski definition) is 1. The molecule has 29 heavy (non-hydrogen) atoms. The Labute approximate surface area is 164 Å². The molecule has 0 bridgehead atoms. The highest BCUT2D eigenvalue weighted by atomic mass is 19.4. The van der Waals surface area contributed by atoms with Gasteiger partial charge in [-0.15, -0.1) is 0 Å². The summed E-state index contributed by atoms with van der Waals surface area (Å²) in [5.41, 5.74) is -1.54. The average Bonchev–Trinajstić information content (AvgIpc) is 2.73. The first-order valence-corrected chi connectivity index (χ1v) is 8.76. The van der Waals surface area contributed by atoms with Gasteiger partial charge in [0.25, 0.3) is 11.8 Å². The third-order valence-corrected chi connectivity index (χ3v) is 4.45. The summed E-state index contributed by atoms with van der Waals surface area (Å²) < 4.78 is 40.0. The van der Waals surface area contributed by atoms with Crippen LogP contribution in [0.2, 0.25) is 0 Å². The molecule has 1 aliphatic heterocycles. The van der Waals surface area contributed by atoms with Crippen molar-refractivity contribution < 1.29 is 22.8 Å². The maximum Gasteiger partial charge on any atom is 0.416 e. The smallest absolute Gasteiger partial charge is 0.337 e. The number of nitriles is 1. The van der Waals surface area contributed by atoms with Gasteiger partial charge in [-0.2, -0.15) is 18.4 Å². The number of rotatable bonds is 3. The number of likely N-dealkylation sites (tertiary alicyclic amines) is 1. The molecule has 1 unspecified atom stereocenters. The monoisotopic (exact) mass is 403 g/mol. The Balaban J connectivity index is 1.91. The molecule has 0 spiro atoms.